The number of amides is 5. The van der Waals surface area contributed by atoms with Crippen LogP contribution in [0.15, 0.2) is 70.7 Å². The van der Waals surface area contributed by atoms with E-state index >= 15 is 0 Å². The minimum Gasteiger partial charge on any atom is -0.508 e. The molecular weight excluding hydrogens is 586 g/mol. The van der Waals surface area contributed by atoms with Gasteiger partial charge in [-0.1, -0.05) is 12.1 Å². The summed E-state index contributed by atoms with van der Waals surface area (Å²) >= 11 is 3.41. The molecule has 1 heterocycles. The Bertz CT molecular complexity index is 1500. The summed E-state index contributed by atoms with van der Waals surface area (Å²) in [5.74, 6) is -1.21. The highest BCUT2D eigenvalue weighted by Gasteiger charge is 2.37. The predicted molar refractivity (Wildman–Crippen MR) is 150 cm³/mol. The van der Waals surface area contributed by atoms with Gasteiger partial charge in [-0.15, -0.1) is 0 Å². The second-order valence-corrected chi connectivity index (χ2v) is 9.13. The van der Waals surface area contributed by atoms with E-state index in [0.29, 0.717) is 21.5 Å². The number of methoxy groups -OCH3 is 1. The van der Waals surface area contributed by atoms with E-state index in [0.717, 1.165) is 4.90 Å². The number of ether oxygens (including phenoxy) is 3. The van der Waals surface area contributed by atoms with Crippen molar-refractivity contribution in [3.8, 4) is 23.0 Å². The van der Waals surface area contributed by atoms with Crippen LogP contribution in [-0.4, -0.2) is 49.2 Å². The average Bonchev–Trinajstić information content (AvgIpc) is 2.92. The highest BCUT2D eigenvalue weighted by Crippen LogP contribution is 2.38. The Morgan fingerprint density at radius 1 is 1.05 bits per heavy atom. The van der Waals surface area contributed by atoms with Crippen molar-refractivity contribution in [3.05, 3.63) is 76.3 Å². The van der Waals surface area contributed by atoms with Gasteiger partial charge in [0.15, 0.2) is 18.1 Å². The van der Waals surface area contributed by atoms with Crippen LogP contribution in [0, 0.1) is 0 Å². The molecule has 4 rings (SSSR count). The molecule has 0 bridgehead atoms. The van der Waals surface area contributed by atoms with Gasteiger partial charge in [0.2, 0.25) is 0 Å². The number of halogens is 1. The van der Waals surface area contributed by atoms with Gasteiger partial charge in [0, 0.05) is 0 Å². The molecule has 0 atom stereocenters. The summed E-state index contributed by atoms with van der Waals surface area (Å²) in [6.07, 6.45) is 1.31. The number of anilines is 2. The number of barbiturate groups is 1. The number of hydrogen-bond donors (Lipinski definition) is 3. The molecule has 0 radical (unpaired) electrons. The number of urea groups is 1. The van der Waals surface area contributed by atoms with Crippen LogP contribution in [0.5, 0.6) is 23.0 Å². The number of hydrogen-bond acceptors (Lipinski definition) is 8. The van der Waals surface area contributed by atoms with E-state index in [2.05, 4.69) is 26.6 Å². The van der Waals surface area contributed by atoms with Crippen LogP contribution in [-0.2, 0) is 14.4 Å². The molecule has 206 valence electrons. The fourth-order valence-corrected chi connectivity index (χ4v) is 4.38. The normalized spacial score (nSPS) is 14.1. The summed E-state index contributed by atoms with van der Waals surface area (Å²) in [6, 6.07) is 14.5. The Balaban J connectivity index is 1.57. The fraction of sp³-hybridized carbons (Fsp3) is 0.143. The monoisotopic (exact) mass is 609 g/mol. The highest BCUT2D eigenvalue weighted by atomic mass is 79.9. The highest BCUT2D eigenvalue weighted by molar-refractivity contribution is 9.10. The number of carbonyl (C=O) groups excluding carboxylic acids is 4. The van der Waals surface area contributed by atoms with Crippen LogP contribution < -0.4 is 29.7 Å². The number of nitrogens with zero attached hydrogens (tertiary/aromatic N) is 1. The van der Waals surface area contributed by atoms with E-state index in [4.69, 9.17) is 14.2 Å². The van der Waals surface area contributed by atoms with Gasteiger partial charge in [-0.05, 0) is 83.0 Å². The minimum absolute atomic E-state index is 0.0478. The molecule has 3 N–H and O–H groups in total. The van der Waals surface area contributed by atoms with Gasteiger partial charge in [-0.2, -0.15) is 0 Å². The molecule has 3 aromatic carbocycles. The van der Waals surface area contributed by atoms with Gasteiger partial charge in [0.25, 0.3) is 17.7 Å². The zero-order chi connectivity index (χ0) is 28.8. The summed E-state index contributed by atoms with van der Waals surface area (Å²) < 4.78 is 17.1. The van der Waals surface area contributed by atoms with Crippen LogP contribution >= 0.6 is 15.9 Å². The minimum atomic E-state index is -0.913. The Hall–Kier alpha value is -4.84. The molecule has 5 amide bonds. The fourth-order valence-electron chi connectivity index (χ4n) is 3.81. The lowest BCUT2D eigenvalue weighted by molar-refractivity contribution is -0.122. The zero-order valence-electron chi connectivity index (χ0n) is 21.4. The molecule has 1 saturated heterocycles. The molecule has 1 aliphatic heterocycles. The Morgan fingerprint density at radius 2 is 1.77 bits per heavy atom. The Labute approximate surface area is 237 Å². The number of rotatable bonds is 9. The first kappa shape index (κ1) is 28.2. The molecule has 1 aliphatic rings. The van der Waals surface area contributed by atoms with E-state index in [1.807, 2.05) is 0 Å². The lowest BCUT2D eigenvalue weighted by Crippen LogP contribution is -2.54. The van der Waals surface area contributed by atoms with Crippen LogP contribution in [0.2, 0.25) is 0 Å². The Morgan fingerprint density at radius 3 is 2.48 bits per heavy atom. The van der Waals surface area contributed by atoms with E-state index in [1.165, 1.54) is 43.5 Å². The average molecular weight is 610 g/mol. The topological polar surface area (TPSA) is 144 Å². The molecule has 0 saturated carbocycles. The SMILES string of the molecule is CCOc1cc(/C=C2/C(=O)NC(=O)N(c3ccc(O)cc3)C2=O)cc(Br)c1OCC(=O)Nc1ccccc1OC. The maximum Gasteiger partial charge on any atom is 0.335 e. The van der Waals surface area contributed by atoms with Crippen LogP contribution in [0.4, 0.5) is 16.2 Å². The number of carbonyl (C=O) groups is 4. The summed E-state index contributed by atoms with van der Waals surface area (Å²) in [4.78, 5) is 51.5. The number of nitrogens with one attached hydrogen (secondary N) is 2. The lowest BCUT2D eigenvalue weighted by atomic mass is 10.1. The number of imide groups is 2. The van der Waals surface area contributed by atoms with Gasteiger partial charge in [-0.3, -0.25) is 19.7 Å². The quantitative estimate of drug-likeness (QED) is 0.241. The van der Waals surface area contributed by atoms with Gasteiger partial charge < -0.3 is 24.6 Å². The first-order valence-electron chi connectivity index (χ1n) is 11.9. The van der Waals surface area contributed by atoms with Crippen molar-refractivity contribution < 1.29 is 38.5 Å². The van der Waals surface area contributed by atoms with Crippen molar-refractivity contribution in [1.29, 1.82) is 0 Å². The van der Waals surface area contributed by atoms with Gasteiger partial charge in [0.1, 0.15) is 17.1 Å². The van der Waals surface area contributed by atoms with Crippen molar-refractivity contribution in [2.24, 2.45) is 0 Å². The lowest BCUT2D eigenvalue weighted by Gasteiger charge is -2.26. The third-order valence-electron chi connectivity index (χ3n) is 5.58. The first-order chi connectivity index (χ1) is 19.2. The third-order valence-corrected chi connectivity index (χ3v) is 6.17. The summed E-state index contributed by atoms with van der Waals surface area (Å²) in [5, 5.41) is 14.4. The van der Waals surface area contributed by atoms with E-state index < -0.39 is 23.8 Å². The zero-order valence-corrected chi connectivity index (χ0v) is 23.0. The van der Waals surface area contributed by atoms with E-state index in [9.17, 15) is 24.3 Å². The summed E-state index contributed by atoms with van der Waals surface area (Å²) in [7, 11) is 1.50. The molecule has 11 nitrogen and oxygen atoms in total. The van der Waals surface area contributed by atoms with Crippen LogP contribution in [0.25, 0.3) is 6.08 Å². The van der Waals surface area contributed by atoms with Crippen molar-refractivity contribution in [2.45, 2.75) is 6.92 Å². The number of benzene rings is 3. The van der Waals surface area contributed by atoms with Gasteiger partial charge >= 0.3 is 6.03 Å². The van der Waals surface area contributed by atoms with Crippen molar-refractivity contribution in [1.82, 2.24) is 5.32 Å². The summed E-state index contributed by atoms with van der Waals surface area (Å²) in [5.41, 5.74) is 0.747. The molecule has 0 aliphatic carbocycles. The van der Waals surface area contributed by atoms with Gasteiger partial charge in [-0.25, -0.2) is 9.69 Å². The molecule has 3 aromatic rings. The standard InChI is InChI=1S/C28H24BrN3O8/c1-3-39-23-14-16(12-19-26(35)31-28(37)32(27(19)36)17-8-10-18(33)11-9-17)13-20(29)25(23)40-15-24(34)30-21-6-4-5-7-22(21)38-2/h4-14,33H,3,15H2,1-2H3,(H,30,34)(H,31,35,37)/b19-12-. The third kappa shape index (κ3) is 6.24. The Kier molecular flexibility index (Phi) is 8.70. The van der Waals surface area contributed by atoms with E-state index in [1.54, 1.807) is 37.3 Å². The maximum atomic E-state index is 13.2. The number of phenols is 1. The second kappa shape index (κ2) is 12.3. The predicted octanol–water partition coefficient (Wildman–Crippen LogP) is 4.25. The molecule has 0 aromatic heterocycles. The smallest absolute Gasteiger partial charge is 0.335 e. The molecular formula is C28H24BrN3O8. The molecule has 0 spiro atoms. The largest absolute Gasteiger partial charge is 0.508 e. The van der Waals surface area contributed by atoms with Gasteiger partial charge in [0.05, 0.1) is 29.6 Å². The molecule has 0 unspecified atom stereocenters. The van der Waals surface area contributed by atoms with Crippen molar-refractivity contribution in [3.63, 3.8) is 0 Å². The number of para-hydroxylation sites is 2. The maximum absolute atomic E-state index is 13.2. The van der Waals surface area contributed by atoms with Crippen molar-refractivity contribution in [2.75, 3.05) is 30.5 Å². The second-order valence-electron chi connectivity index (χ2n) is 8.27. The van der Waals surface area contributed by atoms with Crippen LogP contribution in [0.1, 0.15) is 12.5 Å². The van der Waals surface area contributed by atoms with Crippen molar-refractivity contribution >= 4 is 57.1 Å². The molecule has 1 fully saturated rings. The number of phenolic OH excluding ortho intramolecular Hbond substituents is 1. The molecule has 12 heteroatoms. The summed E-state index contributed by atoms with van der Waals surface area (Å²) in [6.45, 7) is 1.68. The number of aromatic hydroxyl groups is 1. The van der Waals surface area contributed by atoms with E-state index in [-0.39, 0.29) is 41.7 Å². The van der Waals surface area contributed by atoms with Crippen LogP contribution in [0.3, 0.4) is 0 Å². The first-order valence-corrected chi connectivity index (χ1v) is 12.7. The molecule has 40 heavy (non-hydrogen) atoms.